The van der Waals surface area contributed by atoms with Gasteiger partial charge in [-0.15, -0.1) is 0 Å². The van der Waals surface area contributed by atoms with Gasteiger partial charge in [0.15, 0.2) is 0 Å². The second-order valence-corrected chi connectivity index (χ2v) is 9.29. The van der Waals surface area contributed by atoms with E-state index in [1.165, 1.54) is 59.2 Å². The molecule has 0 radical (unpaired) electrons. The van der Waals surface area contributed by atoms with Gasteiger partial charge in [0, 0.05) is 38.6 Å². The van der Waals surface area contributed by atoms with Crippen LogP contribution in [0.25, 0.3) is 64.6 Å². The smallest absolute Gasteiger partial charge is 0.0464 e. The normalized spacial score (nSPS) is 12.2. The average molecular weight is 433 g/mol. The second kappa shape index (κ2) is 6.27. The van der Waals surface area contributed by atoms with Crippen LogP contribution in [0.3, 0.4) is 0 Å². The molecule has 0 saturated heterocycles. The van der Waals surface area contributed by atoms with Crippen LogP contribution in [0.5, 0.6) is 0 Å². The zero-order valence-corrected chi connectivity index (χ0v) is 18.4. The van der Waals surface area contributed by atoms with Gasteiger partial charge in [0.2, 0.25) is 0 Å². The summed E-state index contributed by atoms with van der Waals surface area (Å²) in [6.07, 6.45) is 0. The Morgan fingerprint density at radius 3 is 1.59 bits per heavy atom. The van der Waals surface area contributed by atoms with Crippen molar-refractivity contribution in [3.8, 4) is 0 Å². The molecule has 0 bridgehead atoms. The van der Waals surface area contributed by atoms with Crippen molar-refractivity contribution in [2.75, 3.05) is 11.1 Å². The van der Waals surface area contributed by atoms with E-state index in [1.54, 1.807) is 0 Å². The van der Waals surface area contributed by atoms with Crippen LogP contribution in [0.4, 0.5) is 17.1 Å². The van der Waals surface area contributed by atoms with Gasteiger partial charge >= 0.3 is 0 Å². The van der Waals surface area contributed by atoms with E-state index in [0.29, 0.717) is 0 Å². The molecule has 0 aliphatic carbocycles. The van der Waals surface area contributed by atoms with Crippen LogP contribution in [0.1, 0.15) is 0 Å². The molecule has 0 aromatic heterocycles. The molecule has 0 fully saturated rings. The van der Waals surface area contributed by atoms with Crippen molar-refractivity contribution in [2.45, 2.75) is 0 Å². The highest BCUT2D eigenvalue weighted by atomic mass is 14.9. The van der Waals surface area contributed by atoms with Gasteiger partial charge < -0.3 is 11.1 Å². The highest BCUT2D eigenvalue weighted by Gasteiger charge is 2.15. The molecule has 34 heavy (non-hydrogen) atoms. The number of benzene rings is 8. The predicted octanol–water partition coefficient (Wildman–Crippen LogP) is 8.81. The Morgan fingerprint density at radius 2 is 0.882 bits per heavy atom. The molecule has 158 valence electrons. The van der Waals surface area contributed by atoms with Crippen molar-refractivity contribution >= 4 is 81.7 Å². The molecule has 8 aromatic carbocycles. The molecule has 0 aliphatic rings. The molecule has 2 nitrogen and oxygen atoms in total. The maximum atomic E-state index is 6.48. The highest BCUT2D eigenvalue weighted by Crippen LogP contribution is 2.43. The lowest BCUT2D eigenvalue weighted by Gasteiger charge is -2.18. The number of hydrogen-bond donors (Lipinski definition) is 2. The van der Waals surface area contributed by atoms with E-state index in [0.717, 1.165) is 22.4 Å². The second-order valence-electron chi connectivity index (χ2n) is 9.29. The molecule has 0 spiro atoms. The summed E-state index contributed by atoms with van der Waals surface area (Å²) in [7, 11) is 0. The lowest BCUT2D eigenvalue weighted by molar-refractivity contribution is 1.63. The fourth-order valence-corrected chi connectivity index (χ4v) is 5.96. The molecule has 8 aromatic rings. The summed E-state index contributed by atoms with van der Waals surface area (Å²) < 4.78 is 0. The first-order chi connectivity index (χ1) is 16.8. The van der Waals surface area contributed by atoms with Crippen molar-refractivity contribution in [3.05, 3.63) is 103 Å². The molecule has 0 saturated carbocycles. The Kier molecular flexibility index (Phi) is 3.31. The number of rotatable bonds is 2. The SMILES string of the molecule is Nc1cc2cccc3ccc4c(Nc5ccc6ccc7cccc8ccc5c6c78)ccc1c4c32. The molecule has 2 heteroatoms. The van der Waals surface area contributed by atoms with Gasteiger partial charge in [0.25, 0.3) is 0 Å². The van der Waals surface area contributed by atoms with Gasteiger partial charge in [0.1, 0.15) is 0 Å². The van der Waals surface area contributed by atoms with Gasteiger partial charge in [-0.3, -0.25) is 0 Å². The summed E-state index contributed by atoms with van der Waals surface area (Å²) >= 11 is 0. The minimum Gasteiger partial charge on any atom is -0.398 e. The Morgan fingerprint density at radius 1 is 0.412 bits per heavy atom. The molecule has 3 N–H and O–H groups in total. The van der Waals surface area contributed by atoms with Gasteiger partial charge in [-0.25, -0.2) is 0 Å². The number of hydrogen-bond acceptors (Lipinski definition) is 2. The standard InChI is InChI=1S/C32H20N2/c33-26-17-22-6-2-5-20-10-13-25-28(16-14-23(26)32(25)30(20)22)34-27-15-11-21-8-7-18-3-1-4-19-9-12-24(27)31(21)29(18)19/h1-17,34H,33H2. The summed E-state index contributed by atoms with van der Waals surface area (Å²) in [4.78, 5) is 0. The lowest BCUT2D eigenvalue weighted by atomic mass is 9.92. The Labute approximate surface area is 195 Å². The maximum absolute atomic E-state index is 6.48. The van der Waals surface area contributed by atoms with Crippen molar-refractivity contribution in [1.29, 1.82) is 0 Å². The molecule has 0 heterocycles. The van der Waals surface area contributed by atoms with Gasteiger partial charge in [-0.05, 0) is 61.3 Å². The largest absolute Gasteiger partial charge is 0.398 e. The minimum atomic E-state index is 0.825. The first-order valence-corrected chi connectivity index (χ1v) is 11.7. The van der Waals surface area contributed by atoms with Crippen LogP contribution in [0, 0.1) is 0 Å². The van der Waals surface area contributed by atoms with E-state index in [9.17, 15) is 0 Å². The third kappa shape index (κ3) is 2.24. The van der Waals surface area contributed by atoms with Gasteiger partial charge in [-0.1, -0.05) is 84.9 Å². The van der Waals surface area contributed by atoms with Crippen LogP contribution in [-0.2, 0) is 0 Å². The van der Waals surface area contributed by atoms with Crippen LogP contribution in [-0.4, -0.2) is 0 Å². The van der Waals surface area contributed by atoms with Crippen molar-refractivity contribution in [1.82, 2.24) is 0 Å². The summed E-state index contributed by atoms with van der Waals surface area (Å²) in [5.41, 5.74) is 9.52. The fourth-order valence-electron chi connectivity index (χ4n) is 5.96. The van der Waals surface area contributed by atoms with Crippen LogP contribution >= 0.6 is 0 Å². The fraction of sp³-hybridized carbons (Fsp3) is 0. The van der Waals surface area contributed by atoms with E-state index in [2.05, 4.69) is 108 Å². The molecular weight excluding hydrogens is 412 g/mol. The molecule has 0 atom stereocenters. The number of nitrogen functional groups attached to an aromatic ring is 1. The van der Waals surface area contributed by atoms with E-state index < -0.39 is 0 Å². The zero-order chi connectivity index (χ0) is 22.4. The summed E-state index contributed by atoms with van der Waals surface area (Å²) in [6.45, 7) is 0. The maximum Gasteiger partial charge on any atom is 0.0464 e. The monoisotopic (exact) mass is 432 g/mol. The number of nitrogens with two attached hydrogens (primary N) is 1. The number of anilines is 3. The van der Waals surface area contributed by atoms with E-state index >= 15 is 0 Å². The highest BCUT2D eigenvalue weighted by molar-refractivity contribution is 6.29. The Hall–Kier alpha value is -4.56. The molecular formula is C32H20N2. The summed E-state index contributed by atoms with van der Waals surface area (Å²) in [6, 6.07) is 37.2. The van der Waals surface area contributed by atoms with E-state index in [4.69, 9.17) is 5.73 Å². The third-order valence-electron chi connectivity index (χ3n) is 7.47. The quantitative estimate of drug-likeness (QED) is 0.211. The van der Waals surface area contributed by atoms with E-state index in [-0.39, 0.29) is 0 Å². The average Bonchev–Trinajstić information content (AvgIpc) is 2.87. The predicted molar refractivity (Wildman–Crippen MR) is 148 cm³/mol. The van der Waals surface area contributed by atoms with Crippen LogP contribution < -0.4 is 11.1 Å². The first-order valence-electron chi connectivity index (χ1n) is 11.7. The van der Waals surface area contributed by atoms with Crippen LogP contribution in [0.2, 0.25) is 0 Å². The van der Waals surface area contributed by atoms with Crippen molar-refractivity contribution in [2.24, 2.45) is 0 Å². The topological polar surface area (TPSA) is 38.0 Å². The third-order valence-corrected chi connectivity index (χ3v) is 7.47. The molecule has 8 rings (SSSR count). The number of nitrogens with one attached hydrogen (secondary N) is 1. The Bertz CT molecular complexity index is 2040. The van der Waals surface area contributed by atoms with Gasteiger partial charge in [-0.2, -0.15) is 0 Å². The van der Waals surface area contributed by atoms with Crippen LogP contribution in [0.15, 0.2) is 103 Å². The summed E-state index contributed by atoms with van der Waals surface area (Å²) in [5.74, 6) is 0. The minimum absolute atomic E-state index is 0.825. The zero-order valence-electron chi connectivity index (χ0n) is 18.4. The Balaban J connectivity index is 1.42. The lowest BCUT2D eigenvalue weighted by Crippen LogP contribution is -1.96. The van der Waals surface area contributed by atoms with Crippen molar-refractivity contribution < 1.29 is 0 Å². The molecule has 0 unspecified atom stereocenters. The van der Waals surface area contributed by atoms with Crippen molar-refractivity contribution in [3.63, 3.8) is 0 Å². The molecule has 0 amide bonds. The van der Waals surface area contributed by atoms with Gasteiger partial charge in [0.05, 0.1) is 0 Å². The molecule has 0 aliphatic heterocycles. The first kappa shape index (κ1) is 17.9. The summed E-state index contributed by atoms with van der Waals surface area (Å²) in [5, 5.41) is 18.8. The van der Waals surface area contributed by atoms with E-state index in [1.807, 2.05) is 0 Å².